The van der Waals surface area contributed by atoms with E-state index < -0.39 is 0 Å². The van der Waals surface area contributed by atoms with Crippen LogP contribution in [-0.4, -0.2) is 31.5 Å². The Hall–Kier alpha value is -0.610. The Kier molecular flexibility index (Phi) is 5.01. The van der Waals surface area contributed by atoms with Crippen LogP contribution in [0.1, 0.15) is 24.4 Å². The minimum Gasteiger partial charge on any atom is -0.395 e. The molecule has 4 heteroatoms. The Balaban J connectivity index is 2.04. The summed E-state index contributed by atoms with van der Waals surface area (Å²) in [4.78, 5) is 0. The third-order valence-electron chi connectivity index (χ3n) is 3.41. The highest BCUT2D eigenvalue weighted by molar-refractivity contribution is 6.30. The maximum Gasteiger partial charge on any atom is 0.0657 e. The molecule has 1 aliphatic rings. The van der Waals surface area contributed by atoms with Crippen LogP contribution < -0.4 is 5.32 Å². The summed E-state index contributed by atoms with van der Waals surface area (Å²) in [6, 6.07) is 8.03. The van der Waals surface area contributed by atoms with Crippen molar-refractivity contribution >= 4 is 11.6 Å². The van der Waals surface area contributed by atoms with Gasteiger partial charge in [0.2, 0.25) is 0 Å². The van der Waals surface area contributed by atoms with Crippen molar-refractivity contribution < 1.29 is 9.84 Å². The van der Waals surface area contributed by atoms with Crippen molar-refractivity contribution in [2.75, 3.05) is 20.3 Å². The van der Waals surface area contributed by atoms with E-state index in [0.717, 1.165) is 10.6 Å². The van der Waals surface area contributed by atoms with Crippen LogP contribution in [0.15, 0.2) is 24.3 Å². The zero-order valence-electron chi connectivity index (χ0n) is 10.6. The lowest BCUT2D eigenvalue weighted by Crippen LogP contribution is -2.39. The summed E-state index contributed by atoms with van der Waals surface area (Å²) in [6.45, 7) is 0.767. The number of aliphatic hydroxyl groups is 1. The van der Waals surface area contributed by atoms with Crippen LogP contribution in [0.4, 0.5) is 0 Å². The van der Waals surface area contributed by atoms with Crippen LogP contribution >= 0.6 is 11.6 Å². The van der Waals surface area contributed by atoms with E-state index in [-0.39, 0.29) is 18.7 Å². The molecule has 1 aromatic rings. The largest absolute Gasteiger partial charge is 0.395 e. The average molecular weight is 270 g/mol. The van der Waals surface area contributed by atoms with E-state index in [1.165, 1.54) is 12.8 Å². The van der Waals surface area contributed by atoms with Gasteiger partial charge in [-0.25, -0.2) is 0 Å². The molecule has 0 amide bonds. The number of benzene rings is 1. The Morgan fingerprint density at radius 1 is 1.39 bits per heavy atom. The molecule has 1 aromatic carbocycles. The topological polar surface area (TPSA) is 41.5 Å². The van der Waals surface area contributed by atoms with E-state index in [9.17, 15) is 5.11 Å². The van der Waals surface area contributed by atoms with Gasteiger partial charge in [0.25, 0.3) is 0 Å². The Morgan fingerprint density at radius 2 is 2.06 bits per heavy atom. The molecule has 1 fully saturated rings. The van der Waals surface area contributed by atoms with Gasteiger partial charge < -0.3 is 15.2 Å². The average Bonchev–Trinajstić information content (AvgIpc) is 3.20. The van der Waals surface area contributed by atoms with E-state index in [0.29, 0.717) is 12.5 Å². The summed E-state index contributed by atoms with van der Waals surface area (Å²) < 4.78 is 5.26. The van der Waals surface area contributed by atoms with Gasteiger partial charge in [0, 0.05) is 18.2 Å². The maximum absolute atomic E-state index is 9.42. The predicted molar refractivity (Wildman–Crippen MR) is 72.8 cm³/mol. The van der Waals surface area contributed by atoms with Crippen molar-refractivity contribution in [3.8, 4) is 0 Å². The second-order valence-electron chi connectivity index (χ2n) is 4.85. The van der Waals surface area contributed by atoms with Crippen LogP contribution in [0.2, 0.25) is 5.02 Å². The zero-order chi connectivity index (χ0) is 13.0. The standard InChI is InChI=1S/C14H20ClNO2/c1-18-9-14(11-4-6-12(15)7-5-11)16-13(8-17)10-2-3-10/h4-7,10,13-14,16-17H,2-3,8-9H2,1H3/t13?,14-/m0/s1. The number of aliphatic hydroxyl groups excluding tert-OH is 1. The lowest BCUT2D eigenvalue weighted by Gasteiger charge is -2.24. The molecule has 2 N–H and O–H groups in total. The molecule has 18 heavy (non-hydrogen) atoms. The number of ether oxygens (including phenoxy) is 1. The highest BCUT2D eigenvalue weighted by Gasteiger charge is 2.32. The van der Waals surface area contributed by atoms with E-state index in [1.54, 1.807) is 7.11 Å². The van der Waals surface area contributed by atoms with Gasteiger partial charge in [-0.2, -0.15) is 0 Å². The van der Waals surface area contributed by atoms with Crippen molar-refractivity contribution in [1.29, 1.82) is 0 Å². The smallest absolute Gasteiger partial charge is 0.0657 e. The number of hydrogen-bond donors (Lipinski definition) is 2. The Bertz CT molecular complexity index is 365. The molecule has 0 aliphatic heterocycles. The monoisotopic (exact) mass is 269 g/mol. The van der Waals surface area contributed by atoms with Gasteiger partial charge in [0.1, 0.15) is 0 Å². The molecule has 100 valence electrons. The summed E-state index contributed by atoms with van der Waals surface area (Å²) in [5.41, 5.74) is 1.14. The fourth-order valence-electron chi connectivity index (χ4n) is 2.20. The molecule has 1 aliphatic carbocycles. The minimum atomic E-state index is 0.102. The molecule has 2 rings (SSSR count). The molecule has 0 bridgehead atoms. The van der Waals surface area contributed by atoms with Crippen molar-refractivity contribution in [2.45, 2.75) is 24.9 Å². The van der Waals surface area contributed by atoms with E-state index in [1.807, 2.05) is 24.3 Å². The van der Waals surface area contributed by atoms with Crippen molar-refractivity contribution in [3.05, 3.63) is 34.9 Å². The minimum absolute atomic E-state index is 0.102. The quantitative estimate of drug-likeness (QED) is 0.799. The zero-order valence-corrected chi connectivity index (χ0v) is 11.4. The lowest BCUT2D eigenvalue weighted by molar-refractivity contribution is 0.144. The fraction of sp³-hybridized carbons (Fsp3) is 0.571. The molecule has 0 radical (unpaired) electrons. The molecule has 2 atom stereocenters. The molecule has 1 unspecified atom stereocenters. The van der Waals surface area contributed by atoms with E-state index in [4.69, 9.17) is 16.3 Å². The first kappa shape index (κ1) is 13.8. The Labute approximate surface area is 113 Å². The second-order valence-corrected chi connectivity index (χ2v) is 5.29. The molecule has 1 saturated carbocycles. The highest BCUT2D eigenvalue weighted by Crippen LogP contribution is 2.33. The first-order valence-electron chi connectivity index (χ1n) is 6.36. The van der Waals surface area contributed by atoms with E-state index in [2.05, 4.69) is 5.32 Å². The van der Waals surface area contributed by atoms with Gasteiger partial charge in [-0.1, -0.05) is 23.7 Å². The number of methoxy groups -OCH3 is 1. The van der Waals surface area contributed by atoms with Crippen molar-refractivity contribution in [3.63, 3.8) is 0 Å². The summed E-state index contributed by atoms with van der Waals surface area (Å²) >= 11 is 5.90. The Morgan fingerprint density at radius 3 is 2.56 bits per heavy atom. The summed E-state index contributed by atoms with van der Waals surface area (Å²) in [5, 5.41) is 13.6. The number of nitrogens with one attached hydrogen (secondary N) is 1. The van der Waals surface area contributed by atoms with Gasteiger partial charge in [0.05, 0.1) is 19.3 Å². The van der Waals surface area contributed by atoms with Gasteiger partial charge in [0.15, 0.2) is 0 Å². The second kappa shape index (κ2) is 6.53. The fourth-order valence-corrected chi connectivity index (χ4v) is 2.32. The van der Waals surface area contributed by atoms with Crippen LogP contribution in [-0.2, 0) is 4.74 Å². The molecule has 3 nitrogen and oxygen atoms in total. The highest BCUT2D eigenvalue weighted by atomic mass is 35.5. The molecule has 0 saturated heterocycles. The molecule has 0 spiro atoms. The molecule has 0 heterocycles. The van der Waals surface area contributed by atoms with Crippen LogP contribution in [0.3, 0.4) is 0 Å². The first-order valence-corrected chi connectivity index (χ1v) is 6.73. The molecule has 0 aromatic heterocycles. The molecular formula is C14H20ClNO2. The van der Waals surface area contributed by atoms with Crippen LogP contribution in [0, 0.1) is 5.92 Å². The summed E-state index contributed by atoms with van der Waals surface area (Å²) in [7, 11) is 1.69. The van der Waals surface area contributed by atoms with Crippen LogP contribution in [0.5, 0.6) is 0 Å². The predicted octanol–water partition coefficient (Wildman–Crippen LogP) is 2.39. The summed E-state index contributed by atoms with van der Waals surface area (Å²) in [5.74, 6) is 0.613. The van der Waals surface area contributed by atoms with Gasteiger partial charge in [-0.3, -0.25) is 0 Å². The lowest BCUT2D eigenvalue weighted by atomic mass is 10.1. The summed E-state index contributed by atoms with van der Waals surface area (Å²) in [6.07, 6.45) is 2.41. The van der Waals surface area contributed by atoms with Crippen molar-refractivity contribution in [2.24, 2.45) is 5.92 Å². The van der Waals surface area contributed by atoms with Crippen LogP contribution in [0.25, 0.3) is 0 Å². The normalized spacial score (nSPS) is 18.6. The number of rotatable bonds is 7. The van der Waals surface area contributed by atoms with Gasteiger partial charge >= 0.3 is 0 Å². The van der Waals surface area contributed by atoms with Crippen molar-refractivity contribution in [1.82, 2.24) is 5.32 Å². The maximum atomic E-state index is 9.42. The molecular weight excluding hydrogens is 250 g/mol. The van der Waals surface area contributed by atoms with Gasteiger partial charge in [-0.15, -0.1) is 0 Å². The van der Waals surface area contributed by atoms with Gasteiger partial charge in [-0.05, 0) is 36.5 Å². The first-order chi connectivity index (χ1) is 8.74. The third kappa shape index (κ3) is 3.69. The SMILES string of the molecule is COC[C@H](NC(CO)C1CC1)c1ccc(Cl)cc1. The number of halogens is 1. The third-order valence-corrected chi connectivity index (χ3v) is 3.66. The van der Waals surface area contributed by atoms with E-state index >= 15 is 0 Å². The number of hydrogen-bond acceptors (Lipinski definition) is 3.